The van der Waals surface area contributed by atoms with E-state index in [1.165, 1.54) is 0 Å². The summed E-state index contributed by atoms with van der Waals surface area (Å²) < 4.78 is 1.87. The minimum absolute atomic E-state index is 0.506. The van der Waals surface area contributed by atoms with Crippen LogP contribution in [0.25, 0.3) is 12.2 Å². The van der Waals surface area contributed by atoms with E-state index in [0.717, 1.165) is 16.7 Å². The minimum Gasteiger partial charge on any atom is -0.387 e. The summed E-state index contributed by atoms with van der Waals surface area (Å²) in [7, 11) is 0. The van der Waals surface area contributed by atoms with Gasteiger partial charge in [-0.25, -0.2) is 4.98 Å². The lowest BCUT2D eigenvalue weighted by Gasteiger charge is -2.12. The Labute approximate surface area is 130 Å². The largest absolute Gasteiger partial charge is 0.387 e. The Morgan fingerprint density at radius 1 is 1.00 bits per heavy atom. The van der Waals surface area contributed by atoms with Gasteiger partial charge in [0, 0.05) is 12.4 Å². The Bertz CT molecular complexity index is 733. The highest BCUT2D eigenvalue weighted by molar-refractivity contribution is 5.69. The summed E-state index contributed by atoms with van der Waals surface area (Å²) >= 11 is 0. The van der Waals surface area contributed by atoms with Gasteiger partial charge < -0.3 is 9.67 Å². The van der Waals surface area contributed by atoms with Crippen LogP contribution in [0.4, 0.5) is 0 Å². The summed E-state index contributed by atoms with van der Waals surface area (Å²) in [5.74, 6) is 0. The molecular formula is C19H18N2O. The van der Waals surface area contributed by atoms with Gasteiger partial charge in [0.15, 0.2) is 0 Å². The third kappa shape index (κ3) is 3.71. The number of aliphatic hydroxyl groups is 1. The van der Waals surface area contributed by atoms with Crippen LogP contribution in [-0.4, -0.2) is 14.7 Å². The Morgan fingerprint density at radius 3 is 2.55 bits per heavy atom. The van der Waals surface area contributed by atoms with E-state index in [4.69, 9.17) is 0 Å². The van der Waals surface area contributed by atoms with Gasteiger partial charge in [-0.1, -0.05) is 60.7 Å². The lowest BCUT2D eigenvalue weighted by Crippen LogP contribution is -2.07. The zero-order chi connectivity index (χ0) is 15.2. The normalized spacial score (nSPS) is 12.6. The molecule has 0 radical (unpaired) electrons. The number of aromatic nitrogens is 2. The van der Waals surface area contributed by atoms with Crippen LogP contribution in [0.1, 0.15) is 22.8 Å². The zero-order valence-corrected chi connectivity index (χ0v) is 12.2. The van der Waals surface area contributed by atoms with Crippen LogP contribution in [0.2, 0.25) is 0 Å². The number of imidazole rings is 1. The van der Waals surface area contributed by atoms with E-state index in [-0.39, 0.29) is 0 Å². The molecule has 0 spiro atoms. The third-order valence-corrected chi connectivity index (χ3v) is 3.51. The molecule has 0 saturated heterocycles. The van der Waals surface area contributed by atoms with Crippen molar-refractivity contribution in [3.8, 4) is 0 Å². The first kappa shape index (κ1) is 14.3. The molecule has 1 heterocycles. The van der Waals surface area contributed by atoms with E-state index in [0.29, 0.717) is 6.54 Å². The van der Waals surface area contributed by atoms with Gasteiger partial charge in [0.2, 0.25) is 0 Å². The van der Waals surface area contributed by atoms with Crippen LogP contribution in [0, 0.1) is 0 Å². The SMILES string of the molecule is OC(Cn1ccnc1)c1cccc(/C=C/c2ccccc2)c1. The van der Waals surface area contributed by atoms with Crippen molar-refractivity contribution in [1.29, 1.82) is 0 Å². The monoisotopic (exact) mass is 290 g/mol. The molecule has 3 rings (SSSR count). The molecule has 3 nitrogen and oxygen atoms in total. The topological polar surface area (TPSA) is 38.0 Å². The lowest BCUT2D eigenvalue weighted by atomic mass is 10.0. The molecule has 1 aromatic heterocycles. The molecule has 2 aromatic carbocycles. The summed E-state index contributed by atoms with van der Waals surface area (Å²) in [6.45, 7) is 0.506. The lowest BCUT2D eigenvalue weighted by molar-refractivity contribution is 0.156. The van der Waals surface area contributed by atoms with Crippen LogP contribution in [0.5, 0.6) is 0 Å². The molecule has 1 N–H and O–H groups in total. The van der Waals surface area contributed by atoms with E-state index in [9.17, 15) is 5.11 Å². The van der Waals surface area contributed by atoms with Crippen molar-refractivity contribution in [2.75, 3.05) is 0 Å². The third-order valence-electron chi connectivity index (χ3n) is 3.51. The standard InChI is InChI=1S/C19H18N2O/c22-19(14-21-12-11-20-15-21)18-8-4-7-17(13-18)10-9-16-5-2-1-3-6-16/h1-13,15,19,22H,14H2/b10-9+. The van der Waals surface area contributed by atoms with E-state index in [1.807, 2.05) is 53.2 Å². The van der Waals surface area contributed by atoms with Crippen molar-refractivity contribution in [2.45, 2.75) is 12.6 Å². The molecule has 0 aliphatic carbocycles. The summed E-state index contributed by atoms with van der Waals surface area (Å²) in [5.41, 5.74) is 3.14. The van der Waals surface area contributed by atoms with Gasteiger partial charge in [-0.2, -0.15) is 0 Å². The molecular weight excluding hydrogens is 272 g/mol. The van der Waals surface area contributed by atoms with Gasteiger partial charge in [0.1, 0.15) is 0 Å². The highest BCUT2D eigenvalue weighted by Crippen LogP contribution is 2.18. The quantitative estimate of drug-likeness (QED) is 0.726. The average molecular weight is 290 g/mol. The van der Waals surface area contributed by atoms with Crippen LogP contribution < -0.4 is 0 Å². The summed E-state index contributed by atoms with van der Waals surface area (Å²) in [6, 6.07) is 18.1. The molecule has 0 fully saturated rings. The number of hydrogen-bond donors (Lipinski definition) is 1. The number of nitrogens with zero attached hydrogens (tertiary/aromatic N) is 2. The summed E-state index contributed by atoms with van der Waals surface area (Å²) in [4.78, 5) is 3.99. The first-order valence-corrected chi connectivity index (χ1v) is 7.28. The molecule has 22 heavy (non-hydrogen) atoms. The van der Waals surface area contributed by atoms with E-state index >= 15 is 0 Å². The Hall–Kier alpha value is -2.65. The second-order valence-electron chi connectivity index (χ2n) is 5.19. The van der Waals surface area contributed by atoms with Crippen molar-refractivity contribution in [3.05, 3.63) is 90.0 Å². The molecule has 0 aliphatic rings. The molecule has 0 bridgehead atoms. The first-order chi connectivity index (χ1) is 10.8. The maximum atomic E-state index is 10.3. The maximum absolute atomic E-state index is 10.3. The molecule has 0 saturated carbocycles. The van der Waals surface area contributed by atoms with Gasteiger partial charge in [-0.3, -0.25) is 0 Å². The predicted octanol–water partition coefficient (Wildman–Crippen LogP) is 3.79. The highest BCUT2D eigenvalue weighted by atomic mass is 16.3. The van der Waals surface area contributed by atoms with Crippen molar-refractivity contribution >= 4 is 12.2 Å². The van der Waals surface area contributed by atoms with Gasteiger partial charge in [0.05, 0.1) is 19.0 Å². The summed E-state index contributed by atoms with van der Waals surface area (Å²) in [5, 5.41) is 10.3. The number of benzene rings is 2. The van der Waals surface area contributed by atoms with Crippen molar-refractivity contribution in [1.82, 2.24) is 9.55 Å². The first-order valence-electron chi connectivity index (χ1n) is 7.28. The van der Waals surface area contributed by atoms with Crippen LogP contribution in [0.15, 0.2) is 73.3 Å². The molecule has 1 atom stereocenters. The number of rotatable bonds is 5. The van der Waals surface area contributed by atoms with Crippen LogP contribution in [0.3, 0.4) is 0 Å². The molecule has 0 aliphatic heterocycles. The van der Waals surface area contributed by atoms with E-state index in [1.54, 1.807) is 12.5 Å². The second kappa shape index (κ2) is 6.87. The Balaban J connectivity index is 1.73. The predicted molar refractivity (Wildman–Crippen MR) is 89.0 cm³/mol. The second-order valence-corrected chi connectivity index (χ2v) is 5.19. The Morgan fingerprint density at radius 2 is 1.77 bits per heavy atom. The minimum atomic E-state index is -0.542. The fraction of sp³-hybridized carbons (Fsp3) is 0.105. The molecule has 3 heteroatoms. The van der Waals surface area contributed by atoms with E-state index < -0.39 is 6.10 Å². The van der Waals surface area contributed by atoms with Crippen LogP contribution >= 0.6 is 0 Å². The van der Waals surface area contributed by atoms with Gasteiger partial charge in [0.25, 0.3) is 0 Å². The van der Waals surface area contributed by atoms with Gasteiger partial charge >= 0.3 is 0 Å². The van der Waals surface area contributed by atoms with Crippen molar-refractivity contribution in [2.24, 2.45) is 0 Å². The van der Waals surface area contributed by atoms with E-state index in [2.05, 4.69) is 29.3 Å². The van der Waals surface area contributed by atoms with Crippen LogP contribution in [-0.2, 0) is 6.54 Å². The number of aliphatic hydroxyl groups excluding tert-OH is 1. The van der Waals surface area contributed by atoms with Gasteiger partial charge in [-0.15, -0.1) is 0 Å². The molecule has 110 valence electrons. The van der Waals surface area contributed by atoms with Crippen molar-refractivity contribution in [3.63, 3.8) is 0 Å². The van der Waals surface area contributed by atoms with Crippen molar-refractivity contribution < 1.29 is 5.11 Å². The molecule has 0 amide bonds. The van der Waals surface area contributed by atoms with Gasteiger partial charge in [-0.05, 0) is 22.8 Å². The Kier molecular flexibility index (Phi) is 4.47. The zero-order valence-electron chi connectivity index (χ0n) is 12.2. The fourth-order valence-electron chi connectivity index (χ4n) is 2.33. The summed E-state index contributed by atoms with van der Waals surface area (Å²) in [6.07, 6.45) is 8.86. The maximum Gasteiger partial charge on any atom is 0.0969 e. The fourth-order valence-corrected chi connectivity index (χ4v) is 2.33. The number of hydrogen-bond acceptors (Lipinski definition) is 2. The smallest absolute Gasteiger partial charge is 0.0969 e. The average Bonchev–Trinajstić information content (AvgIpc) is 3.07. The molecule has 3 aromatic rings. The molecule has 1 unspecified atom stereocenters. The highest BCUT2D eigenvalue weighted by Gasteiger charge is 2.08.